The summed E-state index contributed by atoms with van der Waals surface area (Å²) in [5, 5.41) is 8.88. The zero-order valence-electron chi connectivity index (χ0n) is 29.0. The van der Waals surface area contributed by atoms with Gasteiger partial charge in [-0.15, -0.1) is 0 Å². The molecule has 1 N–H and O–H groups in total. The molecule has 0 saturated heterocycles. The highest BCUT2D eigenvalue weighted by molar-refractivity contribution is 5.74. The third-order valence-electron chi connectivity index (χ3n) is 11.2. The van der Waals surface area contributed by atoms with E-state index in [1.807, 2.05) is 18.2 Å². The molecule has 5 rings (SSSR count). The van der Waals surface area contributed by atoms with Crippen LogP contribution in [0.1, 0.15) is 127 Å². The Hall–Kier alpha value is -3.27. The predicted molar refractivity (Wildman–Crippen MR) is 195 cm³/mol. The average molecular weight is 657 g/mol. The van der Waals surface area contributed by atoms with E-state index in [2.05, 4.69) is 13.0 Å². The fraction of sp³-hybridized carbons (Fsp3) is 0.500. The normalized spacial score (nSPS) is 19.9. The van der Waals surface area contributed by atoms with Gasteiger partial charge in [-0.2, -0.15) is 0 Å². The molecule has 0 radical (unpaired) electrons. The molecule has 3 aromatic carbocycles. The van der Waals surface area contributed by atoms with Crippen LogP contribution in [0.25, 0.3) is 27.8 Å². The lowest BCUT2D eigenvalue weighted by molar-refractivity contribution is 0.190. The minimum absolute atomic E-state index is 0.237. The zero-order valence-corrected chi connectivity index (χ0v) is 29.0. The Morgan fingerprint density at radius 3 is 1.98 bits per heavy atom. The number of unbranched alkanes of at least 4 members (excludes halogenated alkanes) is 7. The maximum atomic E-state index is 15.5. The fourth-order valence-corrected chi connectivity index (χ4v) is 8.13. The van der Waals surface area contributed by atoms with Gasteiger partial charge in [0, 0.05) is 11.1 Å². The zero-order chi connectivity index (χ0) is 33.7. The molecule has 4 heteroatoms. The molecule has 0 heterocycles. The van der Waals surface area contributed by atoms with Crippen LogP contribution in [-0.2, 0) is 6.42 Å². The molecule has 0 amide bonds. The second-order valence-corrected chi connectivity index (χ2v) is 14.4. The molecule has 1 fully saturated rings. The van der Waals surface area contributed by atoms with Crippen LogP contribution >= 0.6 is 0 Å². The van der Waals surface area contributed by atoms with Crippen LogP contribution in [0.15, 0.2) is 73.0 Å². The highest BCUT2D eigenvalue weighted by atomic mass is 19.2. The summed E-state index contributed by atoms with van der Waals surface area (Å²) in [7, 11) is 0. The van der Waals surface area contributed by atoms with E-state index < -0.39 is 11.6 Å². The summed E-state index contributed by atoms with van der Waals surface area (Å²) in [6.45, 7) is 2.21. The molecular formula is C44H55F3O. The van der Waals surface area contributed by atoms with E-state index in [0.29, 0.717) is 23.1 Å². The van der Waals surface area contributed by atoms with Crippen LogP contribution in [0.4, 0.5) is 13.2 Å². The first-order chi connectivity index (χ1) is 23.5. The van der Waals surface area contributed by atoms with Crippen LogP contribution < -0.4 is 0 Å². The maximum absolute atomic E-state index is 15.5. The van der Waals surface area contributed by atoms with Crippen molar-refractivity contribution in [1.29, 1.82) is 0 Å². The Bertz CT molecular complexity index is 1500. The van der Waals surface area contributed by atoms with E-state index in [4.69, 9.17) is 5.11 Å². The molecule has 1 atom stereocenters. The quantitative estimate of drug-likeness (QED) is 0.120. The van der Waals surface area contributed by atoms with Crippen molar-refractivity contribution >= 4 is 5.57 Å². The third-order valence-corrected chi connectivity index (χ3v) is 11.2. The van der Waals surface area contributed by atoms with Crippen molar-refractivity contribution in [2.24, 2.45) is 17.8 Å². The summed E-state index contributed by atoms with van der Waals surface area (Å²) >= 11 is 0. The van der Waals surface area contributed by atoms with Gasteiger partial charge in [-0.1, -0.05) is 125 Å². The van der Waals surface area contributed by atoms with Gasteiger partial charge in [-0.25, -0.2) is 13.2 Å². The summed E-state index contributed by atoms with van der Waals surface area (Å²) < 4.78 is 45.6. The number of aliphatic hydroxyl groups excluding tert-OH is 1. The van der Waals surface area contributed by atoms with Crippen molar-refractivity contribution in [3.63, 3.8) is 0 Å². The number of allylic oxidation sites excluding steroid dienone is 3. The second kappa shape index (κ2) is 18.5. The Morgan fingerprint density at radius 1 is 0.688 bits per heavy atom. The molecule has 2 aliphatic rings. The summed E-state index contributed by atoms with van der Waals surface area (Å²) in [4.78, 5) is 0. The summed E-state index contributed by atoms with van der Waals surface area (Å²) in [5.74, 6) is 0.476. The number of hydrogen-bond donors (Lipinski definition) is 1. The topological polar surface area (TPSA) is 20.2 Å². The minimum atomic E-state index is -0.807. The van der Waals surface area contributed by atoms with Crippen LogP contribution in [0.3, 0.4) is 0 Å². The Balaban J connectivity index is 1.14. The SMILES string of the molecule is CCCCCCCCCCc1ccc(-c2ccc(-c3ccc(C4=CCC(C5CCC(CC/C=C/O)CC5)CC4)cc3F)cc2)c(F)c1F. The standard InChI is InChI=1S/C44H55F3O/c1-2-3-4-5-6-7-8-9-13-38-26-29-41(44(47)43(38)46)37-24-22-36(23-25-37)40-28-27-39(31-42(40)45)35-20-18-34(19-21-35)33-16-14-32(15-17-33)12-10-11-30-48/h11,20,22-34,48H,2-10,12-19,21H2,1H3/b30-11+. The highest BCUT2D eigenvalue weighted by Crippen LogP contribution is 2.42. The number of benzene rings is 3. The molecule has 0 bridgehead atoms. The van der Waals surface area contributed by atoms with Gasteiger partial charge in [-0.05, 0) is 109 Å². The van der Waals surface area contributed by atoms with Gasteiger partial charge in [0.1, 0.15) is 5.82 Å². The molecule has 48 heavy (non-hydrogen) atoms. The largest absolute Gasteiger partial charge is 0.516 e. The van der Waals surface area contributed by atoms with E-state index in [-0.39, 0.29) is 11.4 Å². The molecule has 2 aliphatic carbocycles. The van der Waals surface area contributed by atoms with Crippen molar-refractivity contribution in [2.75, 3.05) is 0 Å². The lowest BCUT2D eigenvalue weighted by Gasteiger charge is -2.35. The maximum Gasteiger partial charge on any atom is 0.166 e. The molecule has 1 unspecified atom stereocenters. The van der Waals surface area contributed by atoms with Gasteiger partial charge in [0.15, 0.2) is 11.6 Å². The van der Waals surface area contributed by atoms with E-state index in [9.17, 15) is 4.39 Å². The van der Waals surface area contributed by atoms with Crippen molar-refractivity contribution in [1.82, 2.24) is 0 Å². The van der Waals surface area contributed by atoms with E-state index >= 15 is 8.78 Å². The number of hydrogen-bond acceptors (Lipinski definition) is 1. The molecule has 0 aliphatic heterocycles. The number of aliphatic hydroxyl groups is 1. The molecule has 1 saturated carbocycles. The van der Waals surface area contributed by atoms with E-state index in [0.717, 1.165) is 73.8 Å². The number of halogens is 3. The van der Waals surface area contributed by atoms with Gasteiger partial charge in [0.2, 0.25) is 0 Å². The predicted octanol–water partition coefficient (Wildman–Crippen LogP) is 14.0. The lowest BCUT2D eigenvalue weighted by atomic mass is 9.70. The van der Waals surface area contributed by atoms with Crippen molar-refractivity contribution < 1.29 is 18.3 Å². The Labute approximate surface area is 287 Å². The van der Waals surface area contributed by atoms with Crippen LogP contribution in [0.2, 0.25) is 0 Å². The van der Waals surface area contributed by atoms with E-state index in [1.54, 1.807) is 42.5 Å². The second-order valence-electron chi connectivity index (χ2n) is 14.4. The van der Waals surface area contributed by atoms with Crippen molar-refractivity contribution in [2.45, 2.75) is 122 Å². The van der Waals surface area contributed by atoms with Gasteiger partial charge >= 0.3 is 0 Å². The van der Waals surface area contributed by atoms with Crippen LogP contribution in [0.5, 0.6) is 0 Å². The summed E-state index contributed by atoms with van der Waals surface area (Å²) in [6.07, 6.45) is 25.8. The molecule has 0 spiro atoms. The highest BCUT2D eigenvalue weighted by Gasteiger charge is 2.28. The molecule has 3 aromatic rings. The van der Waals surface area contributed by atoms with Crippen LogP contribution in [-0.4, -0.2) is 5.11 Å². The van der Waals surface area contributed by atoms with Gasteiger partial charge in [-0.3, -0.25) is 0 Å². The fourth-order valence-electron chi connectivity index (χ4n) is 8.13. The lowest BCUT2D eigenvalue weighted by Crippen LogP contribution is -2.23. The number of aryl methyl sites for hydroxylation is 1. The van der Waals surface area contributed by atoms with Gasteiger partial charge in [0.05, 0.1) is 6.26 Å². The third kappa shape index (κ3) is 9.67. The summed E-state index contributed by atoms with van der Waals surface area (Å²) in [6, 6.07) is 16.0. The van der Waals surface area contributed by atoms with Gasteiger partial charge in [0.25, 0.3) is 0 Å². The number of rotatable bonds is 16. The first-order valence-corrected chi connectivity index (χ1v) is 18.8. The first-order valence-electron chi connectivity index (χ1n) is 18.8. The molecule has 258 valence electrons. The minimum Gasteiger partial charge on any atom is -0.516 e. The monoisotopic (exact) mass is 656 g/mol. The van der Waals surface area contributed by atoms with Gasteiger partial charge < -0.3 is 5.11 Å². The van der Waals surface area contributed by atoms with Crippen LogP contribution in [0, 0.1) is 35.2 Å². The van der Waals surface area contributed by atoms with Crippen molar-refractivity contribution in [3.05, 3.63) is 102 Å². The first kappa shape index (κ1) is 36.0. The smallest absolute Gasteiger partial charge is 0.166 e. The van der Waals surface area contributed by atoms with Crippen molar-refractivity contribution in [3.8, 4) is 22.3 Å². The Kier molecular flexibility index (Phi) is 13.9. The molecule has 1 nitrogen and oxygen atoms in total. The molecular weight excluding hydrogens is 601 g/mol. The average Bonchev–Trinajstić information content (AvgIpc) is 3.12. The van der Waals surface area contributed by atoms with E-state index in [1.165, 1.54) is 76.0 Å². The Morgan fingerprint density at radius 2 is 1.33 bits per heavy atom. The molecule has 0 aromatic heterocycles. The summed E-state index contributed by atoms with van der Waals surface area (Å²) in [5.41, 5.74) is 4.68.